The average Bonchev–Trinajstić information content (AvgIpc) is 2.91. The van der Waals surface area contributed by atoms with Gasteiger partial charge in [0.1, 0.15) is 0 Å². The molecule has 4 nitrogen and oxygen atoms in total. The number of rotatable bonds is 5. The van der Waals surface area contributed by atoms with Gasteiger partial charge < -0.3 is 10.6 Å². The fraction of sp³-hybridized carbons (Fsp3) is 0.222. The zero-order chi connectivity index (χ0) is 15.4. The van der Waals surface area contributed by atoms with Gasteiger partial charge in [0, 0.05) is 12.2 Å². The number of fused-ring (bicyclic) bond motifs is 3. The summed E-state index contributed by atoms with van der Waals surface area (Å²) in [6.07, 6.45) is 1.28. The van der Waals surface area contributed by atoms with E-state index >= 15 is 0 Å². The molecule has 0 heterocycles. The Kier molecular flexibility index (Phi) is 4.06. The second-order valence-corrected chi connectivity index (χ2v) is 5.32. The van der Waals surface area contributed by atoms with Crippen LogP contribution in [0.15, 0.2) is 42.5 Å². The van der Waals surface area contributed by atoms with E-state index in [4.69, 9.17) is 5.26 Å². The molecule has 2 aromatic rings. The molecule has 4 heteroatoms. The van der Waals surface area contributed by atoms with E-state index in [0.29, 0.717) is 13.0 Å². The summed E-state index contributed by atoms with van der Waals surface area (Å²) in [5.41, 5.74) is 6.17. The maximum absolute atomic E-state index is 11.6. The fourth-order valence-electron chi connectivity index (χ4n) is 2.76. The number of nitrogens with zero attached hydrogens (tertiary/aromatic N) is 1. The summed E-state index contributed by atoms with van der Waals surface area (Å²) in [4.78, 5) is 11.6. The van der Waals surface area contributed by atoms with Crippen molar-refractivity contribution >= 4 is 11.6 Å². The van der Waals surface area contributed by atoms with E-state index in [2.05, 4.69) is 47.0 Å². The van der Waals surface area contributed by atoms with Crippen LogP contribution in [0.25, 0.3) is 11.1 Å². The smallest absolute Gasteiger partial charge is 0.239 e. The summed E-state index contributed by atoms with van der Waals surface area (Å²) in [5, 5.41) is 14.3. The molecule has 0 radical (unpaired) electrons. The Bertz CT molecular complexity index is 746. The van der Waals surface area contributed by atoms with Gasteiger partial charge in [-0.05, 0) is 40.8 Å². The summed E-state index contributed by atoms with van der Waals surface area (Å²) in [6.45, 7) is 0.619. The summed E-state index contributed by atoms with van der Waals surface area (Å²) >= 11 is 0. The Hall–Kier alpha value is -2.80. The maximum Gasteiger partial charge on any atom is 0.239 e. The van der Waals surface area contributed by atoms with E-state index in [1.165, 1.54) is 22.3 Å². The second kappa shape index (κ2) is 6.31. The molecule has 0 bridgehead atoms. The van der Waals surface area contributed by atoms with Gasteiger partial charge in [-0.3, -0.25) is 4.79 Å². The van der Waals surface area contributed by atoms with Crippen molar-refractivity contribution in [2.45, 2.75) is 12.8 Å². The lowest BCUT2D eigenvalue weighted by molar-refractivity contribution is -0.119. The molecule has 1 aliphatic carbocycles. The Morgan fingerprint density at radius 3 is 2.82 bits per heavy atom. The van der Waals surface area contributed by atoms with Crippen molar-refractivity contribution in [1.82, 2.24) is 5.32 Å². The first-order valence-corrected chi connectivity index (χ1v) is 7.36. The summed E-state index contributed by atoms with van der Waals surface area (Å²) in [5.74, 6) is -0.0981. The standard InChI is InChI=1S/C18H17N3O/c19-8-3-9-20-18(22)12-21-15-6-7-17-14(11-15)10-13-4-1-2-5-16(13)17/h1-2,4-7,11,21H,3,9-10,12H2,(H,20,22). The molecular formula is C18H17N3O. The van der Waals surface area contributed by atoms with Gasteiger partial charge in [0.15, 0.2) is 0 Å². The maximum atomic E-state index is 11.6. The van der Waals surface area contributed by atoms with Crippen LogP contribution in [0.3, 0.4) is 0 Å². The van der Waals surface area contributed by atoms with Crippen molar-refractivity contribution < 1.29 is 4.79 Å². The lowest BCUT2D eigenvalue weighted by Gasteiger charge is -2.09. The number of benzene rings is 2. The van der Waals surface area contributed by atoms with Gasteiger partial charge in [-0.15, -0.1) is 0 Å². The second-order valence-electron chi connectivity index (χ2n) is 5.32. The average molecular weight is 291 g/mol. The monoisotopic (exact) mass is 291 g/mol. The lowest BCUT2D eigenvalue weighted by atomic mass is 10.1. The molecule has 0 spiro atoms. The van der Waals surface area contributed by atoms with Crippen LogP contribution in [0, 0.1) is 11.3 Å². The van der Waals surface area contributed by atoms with E-state index in [1.54, 1.807) is 0 Å². The molecule has 0 aromatic heterocycles. The zero-order valence-electron chi connectivity index (χ0n) is 12.2. The van der Waals surface area contributed by atoms with Crippen molar-refractivity contribution in [2.24, 2.45) is 0 Å². The highest BCUT2D eigenvalue weighted by molar-refractivity contribution is 5.82. The molecule has 1 aliphatic rings. The van der Waals surface area contributed by atoms with Gasteiger partial charge >= 0.3 is 0 Å². The number of nitriles is 1. The largest absolute Gasteiger partial charge is 0.376 e. The zero-order valence-corrected chi connectivity index (χ0v) is 12.2. The molecule has 0 fully saturated rings. The molecular weight excluding hydrogens is 274 g/mol. The number of nitrogens with one attached hydrogen (secondary N) is 2. The van der Waals surface area contributed by atoms with E-state index in [0.717, 1.165) is 12.1 Å². The van der Waals surface area contributed by atoms with Crippen LogP contribution in [-0.4, -0.2) is 19.0 Å². The molecule has 110 valence electrons. The summed E-state index contributed by atoms with van der Waals surface area (Å²) < 4.78 is 0. The number of hydrogen-bond acceptors (Lipinski definition) is 3. The van der Waals surface area contributed by atoms with Crippen molar-refractivity contribution in [3.05, 3.63) is 53.6 Å². The predicted octanol–water partition coefficient (Wildman–Crippen LogP) is 2.70. The Morgan fingerprint density at radius 2 is 1.95 bits per heavy atom. The molecule has 0 unspecified atom stereocenters. The van der Waals surface area contributed by atoms with Crippen LogP contribution in [0.5, 0.6) is 0 Å². The molecule has 0 saturated carbocycles. The minimum atomic E-state index is -0.0981. The summed E-state index contributed by atoms with van der Waals surface area (Å²) in [6, 6.07) is 16.7. The molecule has 2 N–H and O–H groups in total. The van der Waals surface area contributed by atoms with E-state index < -0.39 is 0 Å². The van der Waals surface area contributed by atoms with Crippen LogP contribution >= 0.6 is 0 Å². The minimum absolute atomic E-state index is 0.0981. The molecule has 0 aliphatic heterocycles. The molecule has 1 amide bonds. The van der Waals surface area contributed by atoms with Crippen LogP contribution in [0.4, 0.5) is 5.69 Å². The first kappa shape index (κ1) is 14.2. The third-order valence-electron chi connectivity index (χ3n) is 3.81. The van der Waals surface area contributed by atoms with E-state index in [-0.39, 0.29) is 12.5 Å². The highest BCUT2D eigenvalue weighted by atomic mass is 16.1. The van der Waals surface area contributed by atoms with Gasteiger partial charge in [-0.25, -0.2) is 0 Å². The van der Waals surface area contributed by atoms with Crippen LogP contribution in [0.1, 0.15) is 17.5 Å². The van der Waals surface area contributed by atoms with E-state index in [9.17, 15) is 4.79 Å². The number of anilines is 1. The van der Waals surface area contributed by atoms with Crippen molar-refractivity contribution in [3.8, 4) is 17.2 Å². The van der Waals surface area contributed by atoms with Crippen molar-refractivity contribution in [1.29, 1.82) is 5.26 Å². The van der Waals surface area contributed by atoms with E-state index in [1.807, 2.05) is 12.1 Å². The molecule has 22 heavy (non-hydrogen) atoms. The Balaban J connectivity index is 1.63. The lowest BCUT2D eigenvalue weighted by Crippen LogP contribution is -2.30. The third kappa shape index (κ3) is 2.94. The number of amides is 1. The SMILES string of the molecule is N#CCCNC(=O)CNc1ccc2c(c1)Cc1ccccc1-2. The third-order valence-corrected chi connectivity index (χ3v) is 3.81. The predicted molar refractivity (Wildman–Crippen MR) is 86.4 cm³/mol. The van der Waals surface area contributed by atoms with Crippen LogP contribution < -0.4 is 10.6 Å². The molecule has 0 saturated heterocycles. The summed E-state index contributed by atoms with van der Waals surface area (Å²) in [7, 11) is 0. The molecule has 3 rings (SSSR count). The normalized spacial score (nSPS) is 11.2. The quantitative estimate of drug-likeness (QED) is 0.710. The topological polar surface area (TPSA) is 64.9 Å². The molecule has 2 aromatic carbocycles. The molecule has 0 atom stereocenters. The van der Waals surface area contributed by atoms with Gasteiger partial charge in [-0.1, -0.05) is 30.3 Å². The first-order chi connectivity index (χ1) is 10.8. The van der Waals surface area contributed by atoms with Crippen LogP contribution in [0.2, 0.25) is 0 Å². The van der Waals surface area contributed by atoms with Gasteiger partial charge in [0.05, 0.1) is 19.0 Å². The highest BCUT2D eigenvalue weighted by Gasteiger charge is 2.17. The van der Waals surface area contributed by atoms with Crippen LogP contribution in [-0.2, 0) is 11.2 Å². The van der Waals surface area contributed by atoms with Crippen molar-refractivity contribution in [3.63, 3.8) is 0 Å². The number of carbonyl (C=O) groups is 1. The number of carbonyl (C=O) groups excluding carboxylic acids is 1. The Morgan fingerprint density at radius 1 is 1.14 bits per heavy atom. The van der Waals surface area contributed by atoms with Gasteiger partial charge in [-0.2, -0.15) is 5.26 Å². The fourth-order valence-corrected chi connectivity index (χ4v) is 2.76. The van der Waals surface area contributed by atoms with Gasteiger partial charge in [0.2, 0.25) is 5.91 Å². The highest BCUT2D eigenvalue weighted by Crippen LogP contribution is 2.37. The minimum Gasteiger partial charge on any atom is -0.376 e. The van der Waals surface area contributed by atoms with Gasteiger partial charge in [0.25, 0.3) is 0 Å². The van der Waals surface area contributed by atoms with Crippen molar-refractivity contribution in [2.75, 3.05) is 18.4 Å². The number of hydrogen-bond donors (Lipinski definition) is 2. The first-order valence-electron chi connectivity index (χ1n) is 7.36. The Labute approximate surface area is 129 Å².